The SMILES string of the molecule is CCOC(=O)[C@H]1[C@H](c2ccc(F)cc2)NC(=O)N(C)[C@@]1(O)C(F)(F)F. The van der Waals surface area contributed by atoms with Gasteiger partial charge in [0, 0.05) is 7.05 Å². The second-order valence-electron chi connectivity index (χ2n) is 5.49. The van der Waals surface area contributed by atoms with Crippen LogP contribution in [0.3, 0.4) is 0 Å². The number of hydrogen-bond donors (Lipinski definition) is 2. The van der Waals surface area contributed by atoms with Crippen molar-refractivity contribution in [2.75, 3.05) is 13.7 Å². The van der Waals surface area contributed by atoms with Gasteiger partial charge < -0.3 is 15.2 Å². The van der Waals surface area contributed by atoms with Gasteiger partial charge in [-0.15, -0.1) is 0 Å². The minimum atomic E-state index is -5.34. The Morgan fingerprint density at radius 2 is 1.92 bits per heavy atom. The number of carbonyl (C=O) groups excluding carboxylic acids is 2. The summed E-state index contributed by atoms with van der Waals surface area (Å²) in [5, 5.41) is 12.6. The van der Waals surface area contributed by atoms with E-state index >= 15 is 0 Å². The molecule has 0 aliphatic carbocycles. The van der Waals surface area contributed by atoms with E-state index in [4.69, 9.17) is 0 Å². The number of carbonyl (C=O) groups is 2. The molecule has 1 aromatic rings. The van der Waals surface area contributed by atoms with Crippen LogP contribution in [0.1, 0.15) is 18.5 Å². The second-order valence-corrected chi connectivity index (χ2v) is 5.49. The van der Waals surface area contributed by atoms with Crippen molar-refractivity contribution in [2.24, 2.45) is 5.92 Å². The lowest BCUT2D eigenvalue weighted by Gasteiger charge is -2.49. The van der Waals surface area contributed by atoms with E-state index in [2.05, 4.69) is 10.1 Å². The lowest BCUT2D eigenvalue weighted by molar-refractivity contribution is -0.328. The molecule has 0 saturated carbocycles. The average molecular weight is 364 g/mol. The summed E-state index contributed by atoms with van der Waals surface area (Å²) in [7, 11) is 0.718. The van der Waals surface area contributed by atoms with Crippen LogP contribution < -0.4 is 5.32 Å². The molecule has 0 radical (unpaired) electrons. The number of halogens is 4. The standard InChI is InChI=1S/C15H16F4N2O4/c1-3-25-12(22)10-11(8-4-6-9(16)7-5-8)20-13(23)21(2)14(10,24)15(17,18)19/h4-7,10-11,24H,3H2,1-2H3,(H,20,23)/t10-,11+,14+/m1/s1. The van der Waals surface area contributed by atoms with Gasteiger partial charge in [0.25, 0.3) is 5.72 Å². The predicted molar refractivity (Wildman–Crippen MR) is 76.6 cm³/mol. The summed E-state index contributed by atoms with van der Waals surface area (Å²) in [4.78, 5) is 24.2. The quantitative estimate of drug-likeness (QED) is 0.635. The number of ether oxygens (including phenoxy) is 1. The van der Waals surface area contributed by atoms with E-state index in [1.165, 1.54) is 6.92 Å². The minimum absolute atomic E-state index is 0.00854. The Hall–Kier alpha value is -2.36. The molecule has 1 heterocycles. The zero-order chi connectivity index (χ0) is 19.0. The van der Waals surface area contributed by atoms with Gasteiger partial charge >= 0.3 is 18.2 Å². The number of hydrogen-bond acceptors (Lipinski definition) is 4. The molecule has 0 unspecified atom stereocenters. The molecule has 0 spiro atoms. The third kappa shape index (κ3) is 3.13. The molecule has 1 aromatic carbocycles. The van der Waals surface area contributed by atoms with Crippen molar-refractivity contribution in [2.45, 2.75) is 24.9 Å². The highest BCUT2D eigenvalue weighted by atomic mass is 19.4. The molecule has 3 atom stereocenters. The Balaban J connectivity index is 2.62. The number of nitrogens with zero attached hydrogens (tertiary/aromatic N) is 1. The number of urea groups is 1. The summed E-state index contributed by atoms with van der Waals surface area (Å²) in [6, 6.07) is 1.37. The summed E-state index contributed by atoms with van der Waals surface area (Å²) in [5.74, 6) is -4.20. The van der Waals surface area contributed by atoms with Crippen LogP contribution in [0.5, 0.6) is 0 Å². The van der Waals surface area contributed by atoms with Crippen LogP contribution in [0.25, 0.3) is 0 Å². The van der Waals surface area contributed by atoms with Gasteiger partial charge in [-0.05, 0) is 24.6 Å². The fraction of sp³-hybridized carbons (Fsp3) is 0.467. The molecule has 0 aromatic heterocycles. The number of alkyl halides is 3. The lowest BCUT2D eigenvalue weighted by Crippen LogP contribution is -2.73. The number of amides is 2. The van der Waals surface area contributed by atoms with Crippen LogP contribution >= 0.6 is 0 Å². The second kappa shape index (κ2) is 6.51. The summed E-state index contributed by atoms with van der Waals surface area (Å²) in [5.41, 5.74) is -3.77. The molecule has 1 saturated heterocycles. The van der Waals surface area contributed by atoms with Crippen molar-refractivity contribution in [1.82, 2.24) is 10.2 Å². The van der Waals surface area contributed by atoms with Crippen molar-refractivity contribution < 1.29 is 37.0 Å². The van der Waals surface area contributed by atoms with Crippen molar-refractivity contribution in [3.05, 3.63) is 35.6 Å². The maximum atomic E-state index is 13.6. The van der Waals surface area contributed by atoms with Gasteiger partial charge in [0.2, 0.25) is 0 Å². The van der Waals surface area contributed by atoms with Crippen LogP contribution in [0.4, 0.5) is 22.4 Å². The van der Waals surface area contributed by atoms with Gasteiger partial charge in [-0.1, -0.05) is 12.1 Å². The van der Waals surface area contributed by atoms with Crippen LogP contribution in [0, 0.1) is 11.7 Å². The minimum Gasteiger partial charge on any atom is -0.466 e. The highest BCUT2D eigenvalue weighted by Gasteiger charge is 2.69. The molecule has 1 aliphatic rings. The van der Waals surface area contributed by atoms with Gasteiger partial charge in [-0.25, -0.2) is 9.18 Å². The van der Waals surface area contributed by atoms with Crippen molar-refractivity contribution in [1.29, 1.82) is 0 Å². The summed E-state index contributed by atoms with van der Waals surface area (Å²) in [6.07, 6.45) is -5.34. The summed E-state index contributed by atoms with van der Waals surface area (Å²) < 4.78 is 58.6. The molecular formula is C15H16F4N2O4. The van der Waals surface area contributed by atoms with E-state index in [0.29, 0.717) is 0 Å². The van der Waals surface area contributed by atoms with E-state index in [1.54, 1.807) is 0 Å². The fourth-order valence-electron chi connectivity index (χ4n) is 2.75. The first-order valence-corrected chi connectivity index (χ1v) is 7.29. The molecule has 25 heavy (non-hydrogen) atoms. The third-order valence-electron chi connectivity index (χ3n) is 4.05. The van der Waals surface area contributed by atoms with Crippen molar-refractivity contribution >= 4 is 12.0 Å². The van der Waals surface area contributed by atoms with Crippen molar-refractivity contribution in [3.63, 3.8) is 0 Å². The smallest absolute Gasteiger partial charge is 0.437 e. The van der Waals surface area contributed by atoms with Gasteiger partial charge in [0.15, 0.2) is 0 Å². The van der Waals surface area contributed by atoms with Crippen LogP contribution in [-0.2, 0) is 9.53 Å². The average Bonchev–Trinajstić information content (AvgIpc) is 2.52. The Bertz CT molecular complexity index is 664. The van der Waals surface area contributed by atoms with E-state index < -0.39 is 41.7 Å². The predicted octanol–water partition coefficient (Wildman–Crippen LogP) is 1.95. The molecule has 2 amide bonds. The van der Waals surface area contributed by atoms with Gasteiger partial charge in [0.1, 0.15) is 11.7 Å². The lowest BCUT2D eigenvalue weighted by atomic mass is 9.81. The number of benzene rings is 1. The maximum absolute atomic E-state index is 13.6. The number of esters is 1. The number of rotatable bonds is 3. The fourth-order valence-corrected chi connectivity index (χ4v) is 2.75. The zero-order valence-corrected chi connectivity index (χ0v) is 13.3. The number of aliphatic hydroxyl groups is 1. The molecule has 10 heteroatoms. The van der Waals surface area contributed by atoms with E-state index in [9.17, 15) is 32.3 Å². The molecule has 138 valence electrons. The molecule has 0 bridgehead atoms. The molecular weight excluding hydrogens is 348 g/mol. The third-order valence-corrected chi connectivity index (χ3v) is 4.05. The Morgan fingerprint density at radius 3 is 2.40 bits per heavy atom. The summed E-state index contributed by atoms with van der Waals surface area (Å²) in [6.45, 7) is 1.17. The highest BCUT2D eigenvalue weighted by molar-refractivity contribution is 5.83. The normalized spacial score (nSPS) is 27.0. The van der Waals surface area contributed by atoms with Crippen LogP contribution in [0.2, 0.25) is 0 Å². The van der Waals surface area contributed by atoms with Crippen LogP contribution in [0.15, 0.2) is 24.3 Å². The molecule has 6 nitrogen and oxygen atoms in total. The topological polar surface area (TPSA) is 78.9 Å². The van der Waals surface area contributed by atoms with Gasteiger partial charge in [-0.2, -0.15) is 13.2 Å². The van der Waals surface area contributed by atoms with E-state index in [1.807, 2.05) is 0 Å². The molecule has 2 N–H and O–H groups in total. The molecule has 1 fully saturated rings. The first kappa shape index (κ1) is 19.0. The van der Waals surface area contributed by atoms with E-state index in [0.717, 1.165) is 31.3 Å². The zero-order valence-electron chi connectivity index (χ0n) is 13.3. The molecule has 1 aliphatic heterocycles. The number of nitrogens with one attached hydrogen (secondary N) is 1. The largest absolute Gasteiger partial charge is 0.466 e. The van der Waals surface area contributed by atoms with Crippen LogP contribution in [-0.4, -0.2) is 47.6 Å². The maximum Gasteiger partial charge on any atom is 0.437 e. The van der Waals surface area contributed by atoms with Gasteiger partial charge in [0.05, 0.1) is 12.6 Å². The summed E-state index contributed by atoms with van der Waals surface area (Å²) >= 11 is 0. The van der Waals surface area contributed by atoms with E-state index in [-0.39, 0.29) is 17.1 Å². The Kier molecular flexibility index (Phi) is 4.94. The first-order chi connectivity index (χ1) is 11.5. The monoisotopic (exact) mass is 364 g/mol. The Labute approximate surface area is 140 Å². The first-order valence-electron chi connectivity index (χ1n) is 7.29. The van der Waals surface area contributed by atoms with Gasteiger partial charge in [-0.3, -0.25) is 9.69 Å². The van der Waals surface area contributed by atoms with Crippen molar-refractivity contribution in [3.8, 4) is 0 Å². The molecule has 2 rings (SSSR count). The highest BCUT2D eigenvalue weighted by Crippen LogP contribution is 2.46. The Morgan fingerprint density at radius 1 is 1.36 bits per heavy atom.